The highest BCUT2D eigenvalue weighted by molar-refractivity contribution is 5.97. The molecule has 3 N–H and O–H groups in total. The second-order valence-corrected chi connectivity index (χ2v) is 7.94. The number of amides is 3. The van der Waals surface area contributed by atoms with Crippen molar-refractivity contribution in [2.45, 2.75) is 51.5 Å². The minimum Gasteiger partial charge on any atom is -0.309 e. The Hall–Kier alpha value is -2.52. The first-order chi connectivity index (χ1) is 14.0. The molecule has 0 spiro atoms. The first-order valence-electron chi connectivity index (χ1n) is 10.2. The van der Waals surface area contributed by atoms with Crippen molar-refractivity contribution in [2.75, 3.05) is 18.4 Å². The number of carbonyl (C=O) groups excluding carboxylic acids is 3. The number of rotatable bonds is 8. The van der Waals surface area contributed by atoms with Gasteiger partial charge in [0, 0.05) is 12.7 Å². The molecule has 0 aromatic carbocycles. The maximum atomic E-state index is 13.2. The quantitative estimate of drug-likeness (QED) is 0.344. The largest absolute Gasteiger partial charge is 0.309 e. The predicted molar refractivity (Wildman–Crippen MR) is 105 cm³/mol. The molecule has 2 atom stereocenters. The van der Waals surface area contributed by atoms with Gasteiger partial charge in [-0.25, -0.2) is 15.5 Å². The summed E-state index contributed by atoms with van der Waals surface area (Å²) in [6.45, 7) is 2.33. The fourth-order valence-corrected chi connectivity index (χ4v) is 4.16. The third-order valence-electron chi connectivity index (χ3n) is 5.69. The van der Waals surface area contributed by atoms with Crippen LogP contribution in [0.4, 0.5) is 5.82 Å². The maximum absolute atomic E-state index is 13.2. The number of aryl methyl sites for hydroxylation is 1. The number of nitrogens with one attached hydrogen (secondary N) is 2. The van der Waals surface area contributed by atoms with Crippen LogP contribution < -0.4 is 10.7 Å². The second-order valence-electron chi connectivity index (χ2n) is 7.94. The lowest BCUT2D eigenvalue weighted by Crippen LogP contribution is -2.51. The monoisotopic (exact) mass is 403 g/mol. The van der Waals surface area contributed by atoms with Gasteiger partial charge in [0.25, 0.3) is 0 Å². The lowest BCUT2D eigenvalue weighted by Gasteiger charge is -2.29. The lowest BCUT2D eigenvalue weighted by molar-refractivity contribution is -0.159. The van der Waals surface area contributed by atoms with Crippen LogP contribution in [0.25, 0.3) is 0 Å². The molecule has 2 heterocycles. The Morgan fingerprint density at radius 3 is 2.79 bits per heavy atom. The number of hydroxylamine groups is 2. The summed E-state index contributed by atoms with van der Waals surface area (Å²) in [6.07, 6.45) is 7.42. The van der Waals surface area contributed by atoms with Gasteiger partial charge in [0.1, 0.15) is 11.9 Å². The van der Waals surface area contributed by atoms with Crippen molar-refractivity contribution in [1.29, 1.82) is 0 Å². The van der Waals surface area contributed by atoms with Crippen LogP contribution in [-0.2, 0) is 14.4 Å². The molecule has 2 aliphatic rings. The van der Waals surface area contributed by atoms with E-state index in [0.29, 0.717) is 42.6 Å². The van der Waals surface area contributed by atoms with E-state index in [1.165, 1.54) is 5.01 Å². The minimum atomic E-state index is -0.667. The van der Waals surface area contributed by atoms with Gasteiger partial charge in [-0.1, -0.05) is 31.7 Å². The summed E-state index contributed by atoms with van der Waals surface area (Å²) in [6, 6.07) is 2.91. The molecule has 2 unspecified atom stereocenters. The van der Waals surface area contributed by atoms with E-state index in [2.05, 4.69) is 15.7 Å². The summed E-state index contributed by atoms with van der Waals surface area (Å²) in [5, 5.41) is 14.3. The van der Waals surface area contributed by atoms with Crippen LogP contribution in [0.15, 0.2) is 18.3 Å². The van der Waals surface area contributed by atoms with E-state index in [4.69, 9.17) is 0 Å². The number of pyridine rings is 1. The zero-order valence-electron chi connectivity index (χ0n) is 16.7. The molecule has 1 aromatic rings. The van der Waals surface area contributed by atoms with Crippen molar-refractivity contribution in [1.82, 2.24) is 20.5 Å². The molecule has 29 heavy (non-hydrogen) atoms. The van der Waals surface area contributed by atoms with E-state index in [9.17, 15) is 19.6 Å². The molecule has 9 nitrogen and oxygen atoms in total. The molecule has 9 heteroatoms. The van der Waals surface area contributed by atoms with E-state index >= 15 is 0 Å². The van der Waals surface area contributed by atoms with Crippen LogP contribution in [-0.4, -0.2) is 57.6 Å². The Balaban J connectivity index is 1.68. The average Bonchev–Trinajstić information content (AvgIpc) is 3.40. The van der Waals surface area contributed by atoms with Gasteiger partial charge in [-0.05, 0) is 37.3 Å². The van der Waals surface area contributed by atoms with E-state index in [-0.39, 0.29) is 18.4 Å². The van der Waals surface area contributed by atoms with Gasteiger partial charge in [0.15, 0.2) is 0 Å². The van der Waals surface area contributed by atoms with Gasteiger partial charge in [0.05, 0.1) is 12.5 Å². The number of carbonyl (C=O) groups is 3. The molecule has 1 saturated heterocycles. The molecule has 1 saturated carbocycles. The summed E-state index contributed by atoms with van der Waals surface area (Å²) in [5.74, 6) is -0.310. The summed E-state index contributed by atoms with van der Waals surface area (Å²) in [5.41, 5.74) is 3.98. The molecule has 1 aliphatic carbocycles. The van der Waals surface area contributed by atoms with Gasteiger partial charge in [-0.15, -0.1) is 0 Å². The van der Waals surface area contributed by atoms with Gasteiger partial charge in [-0.3, -0.25) is 24.6 Å². The lowest BCUT2D eigenvalue weighted by atomic mass is 9.92. The molecule has 0 bridgehead atoms. The Morgan fingerprint density at radius 2 is 2.14 bits per heavy atom. The Morgan fingerprint density at radius 1 is 1.38 bits per heavy atom. The summed E-state index contributed by atoms with van der Waals surface area (Å²) < 4.78 is 0. The highest BCUT2D eigenvalue weighted by atomic mass is 16.5. The van der Waals surface area contributed by atoms with Crippen molar-refractivity contribution in [3.05, 3.63) is 23.9 Å². The molecular formula is C20H29N5O4. The number of hydrogen-bond donors (Lipinski definition) is 3. The SMILES string of the molecule is Cc1ccc(NC(=O)C2CCNN2C(=O)C(CC2CCCC2)CN(O)C=O)nc1. The van der Waals surface area contributed by atoms with Crippen molar-refractivity contribution in [3.8, 4) is 0 Å². The maximum Gasteiger partial charge on any atom is 0.250 e. The van der Waals surface area contributed by atoms with Crippen LogP contribution in [0.2, 0.25) is 0 Å². The minimum absolute atomic E-state index is 0.0785. The Bertz CT molecular complexity index is 720. The molecule has 3 amide bonds. The first-order valence-corrected chi connectivity index (χ1v) is 10.2. The molecule has 1 aromatic heterocycles. The molecule has 1 aliphatic heterocycles. The van der Waals surface area contributed by atoms with E-state index in [1.54, 1.807) is 12.3 Å². The summed E-state index contributed by atoms with van der Waals surface area (Å²) in [7, 11) is 0. The standard InChI is InChI=1S/C20H29N5O4/c1-14-6-7-18(21-11-14)23-19(27)17-8-9-22-25(17)20(28)16(12-24(29)13-26)10-15-4-2-3-5-15/h6-7,11,13,15-17,22,29H,2-5,8-10,12H2,1H3,(H,21,23,27). The highest BCUT2D eigenvalue weighted by Crippen LogP contribution is 2.31. The third kappa shape index (κ3) is 5.51. The molecule has 3 rings (SSSR count). The van der Waals surface area contributed by atoms with E-state index in [1.807, 2.05) is 13.0 Å². The number of nitrogens with zero attached hydrogens (tertiary/aromatic N) is 3. The molecule has 0 radical (unpaired) electrons. The Kier molecular flexibility index (Phi) is 7.16. The van der Waals surface area contributed by atoms with Gasteiger partial charge in [-0.2, -0.15) is 0 Å². The smallest absolute Gasteiger partial charge is 0.250 e. The van der Waals surface area contributed by atoms with Gasteiger partial charge < -0.3 is 5.32 Å². The predicted octanol–water partition coefficient (Wildman–Crippen LogP) is 1.48. The van der Waals surface area contributed by atoms with Crippen molar-refractivity contribution in [3.63, 3.8) is 0 Å². The Labute approximate surface area is 170 Å². The first kappa shape index (κ1) is 21.2. The van der Waals surface area contributed by atoms with Crippen LogP contribution in [0.3, 0.4) is 0 Å². The normalized spacial score (nSPS) is 20.5. The third-order valence-corrected chi connectivity index (χ3v) is 5.69. The molecule has 158 valence electrons. The fraction of sp³-hybridized carbons (Fsp3) is 0.600. The van der Waals surface area contributed by atoms with Crippen LogP contribution in [0.1, 0.15) is 44.1 Å². The van der Waals surface area contributed by atoms with E-state index in [0.717, 1.165) is 31.2 Å². The van der Waals surface area contributed by atoms with E-state index < -0.39 is 12.0 Å². The second kappa shape index (κ2) is 9.80. The zero-order chi connectivity index (χ0) is 20.8. The van der Waals surface area contributed by atoms with Crippen LogP contribution >= 0.6 is 0 Å². The number of hydrazine groups is 1. The number of anilines is 1. The average molecular weight is 403 g/mol. The van der Waals surface area contributed by atoms with Crippen molar-refractivity contribution in [2.24, 2.45) is 11.8 Å². The fourth-order valence-electron chi connectivity index (χ4n) is 4.16. The molecular weight excluding hydrogens is 374 g/mol. The number of aromatic nitrogens is 1. The summed E-state index contributed by atoms with van der Waals surface area (Å²) >= 11 is 0. The highest BCUT2D eigenvalue weighted by Gasteiger charge is 2.39. The topological polar surface area (TPSA) is 115 Å². The van der Waals surface area contributed by atoms with Crippen molar-refractivity contribution >= 4 is 24.0 Å². The van der Waals surface area contributed by atoms with Crippen LogP contribution in [0, 0.1) is 18.8 Å². The van der Waals surface area contributed by atoms with Crippen LogP contribution in [0.5, 0.6) is 0 Å². The van der Waals surface area contributed by atoms with Gasteiger partial charge in [0.2, 0.25) is 18.2 Å². The zero-order valence-corrected chi connectivity index (χ0v) is 16.7. The number of hydrogen-bond acceptors (Lipinski definition) is 6. The summed E-state index contributed by atoms with van der Waals surface area (Å²) in [4.78, 5) is 41.0. The molecule has 2 fully saturated rings. The van der Waals surface area contributed by atoms with Gasteiger partial charge >= 0.3 is 0 Å². The van der Waals surface area contributed by atoms with Crippen molar-refractivity contribution < 1.29 is 19.6 Å².